The number of nitrogens with zero attached hydrogens (tertiary/aromatic N) is 3. The molecule has 0 bridgehead atoms. The van der Waals surface area contributed by atoms with Crippen LogP contribution in [0.4, 0.5) is 0 Å². The van der Waals surface area contributed by atoms with Gasteiger partial charge in [-0.2, -0.15) is 5.26 Å². The van der Waals surface area contributed by atoms with Crippen molar-refractivity contribution in [3.63, 3.8) is 0 Å². The van der Waals surface area contributed by atoms with Crippen LogP contribution in [0, 0.1) is 17.2 Å². The molecule has 102 valence electrons. The van der Waals surface area contributed by atoms with Crippen LogP contribution in [0.15, 0.2) is 5.38 Å². The summed E-state index contributed by atoms with van der Waals surface area (Å²) in [5.41, 5.74) is -0.127. The second kappa shape index (κ2) is 6.85. The third-order valence-corrected chi connectivity index (χ3v) is 3.10. The predicted octanol–water partition coefficient (Wildman–Crippen LogP) is 1.85. The Balaban J connectivity index is 2.85. The van der Waals surface area contributed by atoms with Crippen LogP contribution >= 0.6 is 11.3 Å². The summed E-state index contributed by atoms with van der Waals surface area (Å²) in [4.78, 5) is 28.3. The molecule has 1 heterocycles. The molecule has 6 nitrogen and oxygen atoms in total. The Morgan fingerprint density at radius 1 is 1.58 bits per heavy atom. The average Bonchev–Trinajstić information content (AvgIpc) is 2.82. The fourth-order valence-electron chi connectivity index (χ4n) is 1.51. The topological polar surface area (TPSA) is 94.3 Å². The molecule has 1 N–H and O–H groups in total. The van der Waals surface area contributed by atoms with Crippen molar-refractivity contribution in [1.82, 2.24) is 9.88 Å². The van der Waals surface area contributed by atoms with E-state index in [0.29, 0.717) is 13.1 Å². The molecule has 1 aromatic rings. The van der Waals surface area contributed by atoms with E-state index < -0.39 is 5.97 Å². The number of carboxylic acids is 1. The first-order chi connectivity index (χ1) is 8.95. The van der Waals surface area contributed by atoms with Crippen LogP contribution < -0.4 is 0 Å². The lowest BCUT2D eigenvalue weighted by Gasteiger charge is -2.22. The highest BCUT2D eigenvalue weighted by molar-refractivity contribution is 7.11. The molecule has 0 radical (unpaired) electrons. The lowest BCUT2D eigenvalue weighted by molar-refractivity contribution is 0.0691. The van der Waals surface area contributed by atoms with E-state index in [1.807, 2.05) is 19.9 Å². The van der Waals surface area contributed by atoms with E-state index in [1.54, 1.807) is 4.90 Å². The van der Waals surface area contributed by atoms with Crippen LogP contribution in [0.25, 0.3) is 0 Å². The number of hydrogen-bond donors (Lipinski definition) is 1. The molecule has 19 heavy (non-hydrogen) atoms. The Morgan fingerprint density at radius 2 is 2.26 bits per heavy atom. The minimum absolute atomic E-state index is 0.127. The van der Waals surface area contributed by atoms with Crippen LogP contribution in [0.2, 0.25) is 0 Å². The number of carboxylic acid groups (broad SMARTS) is 1. The Morgan fingerprint density at radius 3 is 2.74 bits per heavy atom. The molecular formula is C12H15N3O3S. The number of aromatic nitrogens is 1. The van der Waals surface area contributed by atoms with Crippen molar-refractivity contribution in [2.24, 2.45) is 5.92 Å². The maximum absolute atomic E-state index is 12.2. The number of carbonyl (C=O) groups excluding carboxylic acids is 1. The zero-order valence-electron chi connectivity index (χ0n) is 10.8. The van der Waals surface area contributed by atoms with Crippen LogP contribution in [0.3, 0.4) is 0 Å². The smallest absolute Gasteiger partial charge is 0.355 e. The van der Waals surface area contributed by atoms with Crippen LogP contribution in [0.1, 0.15) is 40.6 Å². The third-order valence-electron chi connectivity index (χ3n) is 2.27. The molecule has 0 atom stereocenters. The largest absolute Gasteiger partial charge is 0.476 e. The van der Waals surface area contributed by atoms with Crippen LogP contribution in [-0.2, 0) is 0 Å². The maximum Gasteiger partial charge on any atom is 0.355 e. The van der Waals surface area contributed by atoms with Gasteiger partial charge in [0.25, 0.3) is 5.91 Å². The summed E-state index contributed by atoms with van der Waals surface area (Å²) in [5.74, 6) is -1.20. The van der Waals surface area contributed by atoms with E-state index in [9.17, 15) is 9.59 Å². The van der Waals surface area contributed by atoms with E-state index in [0.717, 1.165) is 11.3 Å². The van der Waals surface area contributed by atoms with Gasteiger partial charge in [-0.1, -0.05) is 13.8 Å². The first kappa shape index (κ1) is 15.1. The Labute approximate surface area is 115 Å². The van der Waals surface area contributed by atoms with Crippen LogP contribution in [0.5, 0.6) is 0 Å². The number of hydrogen-bond acceptors (Lipinski definition) is 5. The summed E-state index contributed by atoms with van der Waals surface area (Å²) in [6, 6.07) is 2.00. The number of rotatable bonds is 6. The van der Waals surface area contributed by atoms with E-state index in [1.165, 1.54) is 5.38 Å². The molecule has 1 rings (SSSR count). The standard InChI is InChI=1S/C12H15N3O3S/c1-8(2)6-15(5-3-4-13)11(16)10-14-9(7-19-10)12(17)18/h7-8H,3,5-6H2,1-2H3,(H,17,18). The molecule has 0 aliphatic heterocycles. The van der Waals surface area contributed by atoms with Gasteiger partial charge < -0.3 is 10.0 Å². The van der Waals surface area contributed by atoms with Gasteiger partial charge in [0.2, 0.25) is 0 Å². The second-order valence-electron chi connectivity index (χ2n) is 4.40. The molecule has 0 fully saturated rings. The number of amides is 1. The van der Waals surface area contributed by atoms with Gasteiger partial charge in [-0.15, -0.1) is 11.3 Å². The summed E-state index contributed by atoms with van der Waals surface area (Å²) in [7, 11) is 0. The SMILES string of the molecule is CC(C)CN(CCC#N)C(=O)c1nc(C(=O)O)cs1. The van der Waals surface area contributed by atoms with Crippen molar-refractivity contribution >= 4 is 23.2 Å². The quantitative estimate of drug-likeness (QED) is 0.858. The lowest BCUT2D eigenvalue weighted by Crippen LogP contribution is -2.35. The highest BCUT2D eigenvalue weighted by atomic mass is 32.1. The second-order valence-corrected chi connectivity index (χ2v) is 5.25. The summed E-state index contributed by atoms with van der Waals surface area (Å²) in [6.45, 7) is 4.78. The van der Waals surface area contributed by atoms with Gasteiger partial charge in [0.05, 0.1) is 12.5 Å². The Hall–Kier alpha value is -1.94. The summed E-state index contributed by atoms with van der Waals surface area (Å²) in [5, 5.41) is 18.9. The lowest BCUT2D eigenvalue weighted by atomic mass is 10.2. The van der Waals surface area contributed by atoms with Crippen molar-refractivity contribution in [2.75, 3.05) is 13.1 Å². The molecule has 1 amide bonds. The molecule has 0 aliphatic rings. The normalized spacial score (nSPS) is 10.2. The number of thiazole rings is 1. The van der Waals surface area contributed by atoms with Gasteiger partial charge in [0, 0.05) is 18.5 Å². The maximum atomic E-state index is 12.2. The van der Waals surface area contributed by atoms with E-state index in [-0.39, 0.29) is 28.9 Å². The highest BCUT2D eigenvalue weighted by Gasteiger charge is 2.21. The monoisotopic (exact) mass is 281 g/mol. The van der Waals surface area contributed by atoms with E-state index >= 15 is 0 Å². The predicted molar refractivity (Wildman–Crippen MR) is 70.0 cm³/mol. The molecule has 0 aromatic carbocycles. The molecule has 0 saturated heterocycles. The van der Waals surface area contributed by atoms with Gasteiger partial charge >= 0.3 is 5.97 Å². The van der Waals surface area contributed by atoms with Crippen molar-refractivity contribution < 1.29 is 14.7 Å². The molecule has 1 aromatic heterocycles. The molecular weight excluding hydrogens is 266 g/mol. The summed E-state index contributed by atoms with van der Waals surface area (Å²) in [6.07, 6.45) is 0.246. The molecule has 7 heteroatoms. The summed E-state index contributed by atoms with van der Waals surface area (Å²) < 4.78 is 0. The zero-order chi connectivity index (χ0) is 14.4. The fourth-order valence-corrected chi connectivity index (χ4v) is 2.26. The number of nitriles is 1. The summed E-state index contributed by atoms with van der Waals surface area (Å²) >= 11 is 1.01. The van der Waals surface area contributed by atoms with Gasteiger partial charge in [0.1, 0.15) is 0 Å². The van der Waals surface area contributed by atoms with E-state index in [4.69, 9.17) is 10.4 Å². The van der Waals surface area contributed by atoms with Gasteiger partial charge in [-0.3, -0.25) is 4.79 Å². The van der Waals surface area contributed by atoms with Gasteiger partial charge in [0.15, 0.2) is 10.7 Å². The molecule has 0 aliphatic carbocycles. The molecule has 0 spiro atoms. The minimum atomic E-state index is -1.15. The van der Waals surface area contributed by atoms with Gasteiger partial charge in [-0.25, -0.2) is 9.78 Å². The average molecular weight is 281 g/mol. The van der Waals surface area contributed by atoms with Crippen molar-refractivity contribution in [3.05, 3.63) is 16.1 Å². The van der Waals surface area contributed by atoms with Crippen molar-refractivity contribution in [3.8, 4) is 6.07 Å². The molecule has 0 saturated carbocycles. The highest BCUT2D eigenvalue weighted by Crippen LogP contribution is 2.14. The van der Waals surface area contributed by atoms with E-state index in [2.05, 4.69) is 4.98 Å². The first-order valence-corrected chi connectivity index (χ1v) is 6.68. The molecule has 0 unspecified atom stereocenters. The zero-order valence-corrected chi connectivity index (χ0v) is 11.6. The Kier molecular flexibility index (Phi) is 5.45. The number of carbonyl (C=O) groups is 2. The van der Waals surface area contributed by atoms with Crippen molar-refractivity contribution in [1.29, 1.82) is 5.26 Å². The number of aromatic carboxylic acids is 1. The Bertz CT molecular complexity index is 505. The van der Waals surface area contributed by atoms with Crippen molar-refractivity contribution in [2.45, 2.75) is 20.3 Å². The van der Waals surface area contributed by atoms with Gasteiger partial charge in [-0.05, 0) is 5.92 Å². The third kappa shape index (κ3) is 4.34. The minimum Gasteiger partial charge on any atom is -0.476 e. The van der Waals surface area contributed by atoms with Crippen LogP contribution in [-0.4, -0.2) is 40.0 Å². The first-order valence-electron chi connectivity index (χ1n) is 5.80. The fraction of sp³-hybridized carbons (Fsp3) is 0.500.